The van der Waals surface area contributed by atoms with Gasteiger partial charge >= 0.3 is 0 Å². The largest absolute Gasteiger partial charge is 0.381 e. The minimum absolute atomic E-state index is 0. The fourth-order valence-electron chi connectivity index (χ4n) is 5.01. The van der Waals surface area contributed by atoms with Gasteiger partial charge in [0.1, 0.15) is 0 Å². The van der Waals surface area contributed by atoms with Crippen molar-refractivity contribution < 1.29 is 4.74 Å². The number of hydrogen-bond donors (Lipinski definition) is 1. The Bertz CT molecular complexity index is 428. The SMILES string of the molecule is CN=C(NCC1(N2CCCCC2)CCCCC1)N(C)CC1CCOC1.I. The molecule has 5 nitrogen and oxygen atoms in total. The number of ether oxygens (including phenoxy) is 1. The zero-order chi connectivity index (χ0) is 17.5. The van der Waals surface area contributed by atoms with Crippen LogP contribution in [0.3, 0.4) is 0 Å². The van der Waals surface area contributed by atoms with Crippen molar-refractivity contribution in [3.8, 4) is 0 Å². The van der Waals surface area contributed by atoms with Crippen molar-refractivity contribution in [3.63, 3.8) is 0 Å². The molecule has 0 radical (unpaired) electrons. The first kappa shape index (κ1) is 22.2. The predicted octanol–water partition coefficient (Wildman–Crippen LogP) is 3.34. The highest BCUT2D eigenvalue weighted by atomic mass is 127. The average Bonchev–Trinajstić information content (AvgIpc) is 3.17. The lowest BCUT2D eigenvalue weighted by atomic mass is 9.79. The summed E-state index contributed by atoms with van der Waals surface area (Å²) in [6.45, 7) is 6.48. The number of piperidine rings is 1. The summed E-state index contributed by atoms with van der Waals surface area (Å²) in [6.07, 6.45) is 12.2. The second-order valence-corrected chi connectivity index (χ2v) is 8.34. The second-order valence-electron chi connectivity index (χ2n) is 8.34. The molecular formula is C20H39IN4O. The van der Waals surface area contributed by atoms with E-state index in [1.807, 2.05) is 7.05 Å². The zero-order valence-electron chi connectivity index (χ0n) is 16.8. The number of likely N-dealkylation sites (tertiary alicyclic amines) is 1. The van der Waals surface area contributed by atoms with Gasteiger partial charge in [-0.1, -0.05) is 25.7 Å². The van der Waals surface area contributed by atoms with Crippen molar-refractivity contribution in [3.05, 3.63) is 0 Å². The highest BCUT2D eigenvalue weighted by Crippen LogP contribution is 2.35. The maximum atomic E-state index is 5.53. The van der Waals surface area contributed by atoms with E-state index >= 15 is 0 Å². The molecule has 0 aromatic carbocycles. The lowest BCUT2D eigenvalue weighted by molar-refractivity contribution is 0.0364. The Labute approximate surface area is 177 Å². The van der Waals surface area contributed by atoms with E-state index in [9.17, 15) is 0 Å². The molecular weight excluding hydrogens is 439 g/mol. The van der Waals surface area contributed by atoms with E-state index in [-0.39, 0.29) is 24.0 Å². The van der Waals surface area contributed by atoms with E-state index in [4.69, 9.17) is 4.74 Å². The number of rotatable bonds is 5. The highest BCUT2D eigenvalue weighted by Gasteiger charge is 2.38. The van der Waals surface area contributed by atoms with E-state index in [1.54, 1.807) is 0 Å². The Balaban J connectivity index is 0.00000243. The molecule has 1 saturated carbocycles. The molecule has 152 valence electrons. The zero-order valence-corrected chi connectivity index (χ0v) is 19.2. The minimum atomic E-state index is 0. The van der Waals surface area contributed by atoms with Gasteiger partial charge in [0.15, 0.2) is 5.96 Å². The molecule has 1 atom stereocenters. The first-order valence-electron chi connectivity index (χ1n) is 10.5. The van der Waals surface area contributed by atoms with Crippen LogP contribution in [0.2, 0.25) is 0 Å². The summed E-state index contributed by atoms with van der Waals surface area (Å²) in [5.74, 6) is 1.70. The Morgan fingerprint density at radius 3 is 2.46 bits per heavy atom. The van der Waals surface area contributed by atoms with Crippen LogP contribution in [0.1, 0.15) is 57.8 Å². The summed E-state index contributed by atoms with van der Waals surface area (Å²) in [6, 6.07) is 0. The molecule has 3 aliphatic rings. The molecule has 6 heteroatoms. The van der Waals surface area contributed by atoms with E-state index in [0.29, 0.717) is 11.5 Å². The molecule has 0 aromatic rings. The Kier molecular flexibility index (Phi) is 9.44. The molecule has 1 aliphatic carbocycles. The number of nitrogens with zero attached hydrogens (tertiary/aromatic N) is 3. The van der Waals surface area contributed by atoms with Crippen LogP contribution >= 0.6 is 24.0 Å². The van der Waals surface area contributed by atoms with Crippen LogP contribution in [0.25, 0.3) is 0 Å². The molecule has 0 amide bonds. The van der Waals surface area contributed by atoms with Crippen LogP contribution < -0.4 is 5.32 Å². The lowest BCUT2D eigenvalue weighted by Gasteiger charge is -2.48. The molecule has 2 saturated heterocycles. The Morgan fingerprint density at radius 1 is 1.15 bits per heavy atom. The molecule has 2 aliphatic heterocycles. The topological polar surface area (TPSA) is 40.1 Å². The fourth-order valence-corrected chi connectivity index (χ4v) is 5.01. The maximum Gasteiger partial charge on any atom is 0.193 e. The molecule has 3 fully saturated rings. The molecule has 1 unspecified atom stereocenters. The number of guanidine groups is 1. The van der Waals surface area contributed by atoms with Crippen LogP contribution in [0, 0.1) is 5.92 Å². The molecule has 0 bridgehead atoms. The van der Waals surface area contributed by atoms with Crippen molar-refractivity contribution in [2.24, 2.45) is 10.9 Å². The van der Waals surface area contributed by atoms with Crippen LogP contribution in [-0.2, 0) is 4.74 Å². The number of hydrogen-bond acceptors (Lipinski definition) is 3. The monoisotopic (exact) mass is 478 g/mol. The standard InChI is InChI=1S/C20H38N4O.HI/c1-21-19(23(2)15-18-9-14-25-16-18)22-17-20(10-5-3-6-11-20)24-12-7-4-8-13-24;/h18H,3-17H2,1-2H3,(H,21,22);1H. The summed E-state index contributed by atoms with van der Waals surface area (Å²) >= 11 is 0. The smallest absolute Gasteiger partial charge is 0.193 e. The second kappa shape index (κ2) is 11.1. The molecule has 0 aromatic heterocycles. The van der Waals surface area contributed by atoms with Crippen LogP contribution in [-0.4, -0.2) is 74.8 Å². The van der Waals surface area contributed by atoms with Gasteiger partial charge in [0, 0.05) is 45.2 Å². The third-order valence-electron chi connectivity index (χ3n) is 6.52. The fraction of sp³-hybridized carbons (Fsp3) is 0.950. The van der Waals surface area contributed by atoms with Gasteiger partial charge in [-0.05, 0) is 45.2 Å². The molecule has 1 N–H and O–H groups in total. The summed E-state index contributed by atoms with van der Waals surface area (Å²) in [5.41, 5.74) is 0.353. The molecule has 3 rings (SSSR count). The van der Waals surface area contributed by atoms with Gasteiger partial charge in [-0.3, -0.25) is 9.89 Å². The molecule has 0 spiro atoms. The maximum absolute atomic E-state index is 5.53. The Hall–Kier alpha value is -0.0800. The van der Waals surface area contributed by atoms with Gasteiger partial charge in [0.05, 0.1) is 6.61 Å². The normalized spacial score (nSPS) is 27.0. The molecule has 2 heterocycles. The third kappa shape index (κ3) is 5.71. The van der Waals surface area contributed by atoms with Gasteiger partial charge < -0.3 is 15.0 Å². The molecule has 26 heavy (non-hydrogen) atoms. The number of aliphatic imine (C=N–C) groups is 1. The first-order chi connectivity index (χ1) is 12.2. The van der Waals surface area contributed by atoms with Crippen molar-refractivity contribution in [1.29, 1.82) is 0 Å². The summed E-state index contributed by atoms with van der Waals surface area (Å²) in [7, 11) is 4.08. The van der Waals surface area contributed by atoms with Gasteiger partial charge in [-0.25, -0.2) is 0 Å². The van der Waals surface area contributed by atoms with Crippen LogP contribution in [0.4, 0.5) is 0 Å². The summed E-state index contributed by atoms with van der Waals surface area (Å²) in [4.78, 5) is 9.67. The van der Waals surface area contributed by atoms with Crippen molar-refractivity contribution in [2.75, 3.05) is 53.5 Å². The lowest BCUT2D eigenvalue weighted by Crippen LogP contribution is -2.59. The van der Waals surface area contributed by atoms with E-state index in [0.717, 1.165) is 32.3 Å². The van der Waals surface area contributed by atoms with Gasteiger partial charge in [-0.2, -0.15) is 0 Å². The van der Waals surface area contributed by atoms with Crippen LogP contribution in [0.5, 0.6) is 0 Å². The number of nitrogens with one attached hydrogen (secondary N) is 1. The highest BCUT2D eigenvalue weighted by molar-refractivity contribution is 14.0. The van der Waals surface area contributed by atoms with E-state index in [2.05, 4.69) is 27.2 Å². The number of halogens is 1. The Morgan fingerprint density at radius 2 is 1.85 bits per heavy atom. The minimum Gasteiger partial charge on any atom is -0.381 e. The summed E-state index contributed by atoms with van der Waals surface area (Å²) < 4.78 is 5.53. The van der Waals surface area contributed by atoms with Crippen molar-refractivity contribution >= 4 is 29.9 Å². The van der Waals surface area contributed by atoms with Gasteiger partial charge in [-0.15, -0.1) is 24.0 Å². The average molecular weight is 478 g/mol. The summed E-state index contributed by atoms with van der Waals surface area (Å²) in [5, 5.41) is 3.74. The van der Waals surface area contributed by atoms with E-state index in [1.165, 1.54) is 70.9 Å². The van der Waals surface area contributed by atoms with Crippen molar-refractivity contribution in [2.45, 2.75) is 63.3 Å². The van der Waals surface area contributed by atoms with E-state index < -0.39 is 0 Å². The van der Waals surface area contributed by atoms with Gasteiger partial charge in [0.2, 0.25) is 0 Å². The third-order valence-corrected chi connectivity index (χ3v) is 6.52. The predicted molar refractivity (Wildman–Crippen MR) is 120 cm³/mol. The quantitative estimate of drug-likeness (QED) is 0.374. The van der Waals surface area contributed by atoms with Crippen LogP contribution in [0.15, 0.2) is 4.99 Å². The first-order valence-corrected chi connectivity index (χ1v) is 10.5. The van der Waals surface area contributed by atoms with Crippen molar-refractivity contribution in [1.82, 2.24) is 15.1 Å². The van der Waals surface area contributed by atoms with Gasteiger partial charge in [0.25, 0.3) is 0 Å².